The molecule has 0 spiro atoms. The maximum absolute atomic E-state index is 5.38. The third kappa shape index (κ3) is 4.40. The highest BCUT2D eigenvalue weighted by atomic mass is 32.1. The summed E-state index contributed by atoms with van der Waals surface area (Å²) < 4.78 is 13.2. The number of aromatic amines is 1. The number of hydrogen-bond acceptors (Lipinski definition) is 5. The molecule has 0 unspecified atom stereocenters. The van der Waals surface area contributed by atoms with Crippen LogP contribution in [0.3, 0.4) is 0 Å². The second-order valence-electron chi connectivity index (χ2n) is 3.77. The Hall–Kier alpha value is -0.920. The number of hydrogen-bond donors (Lipinski definition) is 1. The van der Waals surface area contributed by atoms with Crippen LogP contribution in [0.4, 0.5) is 5.95 Å². The lowest BCUT2D eigenvalue weighted by atomic mass is 10.5. The van der Waals surface area contributed by atoms with Gasteiger partial charge in [-0.1, -0.05) is 0 Å². The Balaban J connectivity index is 2.63. The molecule has 6 nitrogen and oxygen atoms in total. The van der Waals surface area contributed by atoms with Gasteiger partial charge in [-0.15, -0.1) is 5.10 Å². The second-order valence-corrected chi connectivity index (χ2v) is 4.16. The van der Waals surface area contributed by atoms with Gasteiger partial charge in [0.25, 0.3) is 0 Å². The average Bonchev–Trinajstić information content (AvgIpc) is 2.69. The Morgan fingerprint density at radius 1 is 1.22 bits per heavy atom. The lowest BCUT2D eigenvalue weighted by Crippen LogP contribution is -2.33. The summed E-state index contributed by atoms with van der Waals surface area (Å²) in [5.41, 5.74) is 0. The molecule has 0 aliphatic heterocycles. The van der Waals surface area contributed by atoms with Gasteiger partial charge in [-0.25, -0.2) is 5.10 Å². The minimum atomic E-state index is 0.614. The van der Waals surface area contributed by atoms with Crippen molar-refractivity contribution in [2.24, 2.45) is 7.05 Å². The molecule has 1 rings (SSSR count). The normalized spacial score (nSPS) is 10.8. The van der Waals surface area contributed by atoms with Gasteiger partial charge < -0.3 is 14.4 Å². The van der Waals surface area contributed by atoms with Crippen LogP contribution >= 0.6 is 12.2 Å². The molecule has 0 fully saturated rings. The van der Waals surface area contributed by atoms with Gasteiger partial charge in [0.15, 0.2) is 4.77 Å². The first-order chi connectivity index (χ1) is 8.70. The van der Waals surface area contributed by atoms with Gasteiger partial charge in [0.1, 0.15) is 0 Å². The van der Waals surface area contributed by atoms with Gasteiger partial charge >= 0.3 is 0 Å². The number of ether oxygens (including phenoxy) is 2. The van der Waals surface area contributed by atoms with E-state index in [1.54, 1.807) is 0 Å². The topological polar surface area (TPSA) is 55.3 Å². The van der Waals surface area contributed by atoms with Crippen LogP contribution in [-0.4, -0.2) is 54.3 Å². The quantitative estimate of drug-likeness (QED) is 0.544. The van der Waals surface area contributed by atoms with Crippen LogP contribution in [0.5, 0.6) is 0 Å². The van der Waals surface area contributed by atoms with Crippen LogP contribution in [0.25, 0.3) is 0 Å². The Kier molecular flexibility index (Phi) is 6.92. The fourth-order valence-electron chi connectivity index (χ4n) is 1.57. The van der Waals surface area contributed by atoms with E-state index in [1.165, 1.54) is 0 Å². The van der Waals surface area contributed by atoms with Crippen LogP contribution in [0, 0.1) is 4.77 Å². The first kappa shape index (κ1) is 15.1. The first-order valence-electron chi connectivity index (χ1n) is 6.22. The van der Waals surface area contributed by atoms with Gasteiger partial charge in [0.2, 0.25) is 5.95 Å². The van der Waals surface area contributed by atoms with E-state index < -0.39 is 0 Å². The summed E-state index contributed by atoms with van der Waals surface area (Å²) in [6, 6.07) is 0. The molecule has 104 valence electrons. The SMILES string of the molecule is CCOCCN(CCOCC)c1n[nH]c(=S)n1C. The van der Waals surface area contributed by atoms with Gasteiger partial charge in [0.05, 0.1) is 13.2 Å². The molecular weight excluding hydrogens is 252 g/mol. The average molecular weight is 274 g/mol. The van der Waals surface area contributed by atoms with E-state index in [0.717, 1.165) is 32.3 Å². The summed E-state index contributed by atoms with van der Waals surface area (Å²) in [6.07, 6.45) is 0. The van der Waals surface area contributed by atoms with Crippen LogP contribution in [-0.2, 0) is 16.5 Å². The standard InChI is InChI=1S/C11H22N4O2S/c1-4-16-8-6-15(7-9-17-5-2)10-12-13-11(18)14(10)3/h4-9H2,1-3H3,(H,13,18). The summed E-state index contributed by atoms with van der Waals surface area (Å²) in [6.45, 7) is 8.30. The zero-order valence-electron chi connectivity index (χ0n) is 11.3. The second kappa shape index (κ2) is 8.23. The van der Waals surface area contributed by atoms with Crippen molar-refractivity contribution in [2.75, 3.05) is 44.4 Å². The van der Waals surface area contributed by atoms with E-state index in [0.29, 0.717) is 18.0 Å². The van der Waals surface area contributed by atoms with Crippen molar-refractivity contribution in [1.82, 2.24) is 14.8 Å². The zero-order chi connectivity index (χ0) is 13.4. The molecule has 0 atom stereocenters. The minimum absolute atomic E-state index is 0.614. The number of nitrogens with one attached hydrogen (secondary N) is 1. The molecule has 0 saturated heterocycles. The highest BCUT2D eigenvalue weighted by Gasteiger charge is 2.12. The molecule has 0 saturated carbocycles. The Bertz CT molecular complexity index is 381. The number of H-pyrrole nitrogens is 1. The van der Waals surface area contributed by atoms with Gasteiger partial charge in [-0.05, 0) is 26.1 Å². The maximum Gasteiger partial charge on any atom is 0.225 e. The molecule has 0 aromatic carbocycles. The van der Waals surface area contributed by atoms with Crippen molar-refractivity contribution in [2.45, 2.75) is 13.8 Å². The summed E-state index contributed by atoms with van der Waals surface area (Å²) in [5, 5.41) is 7.02. The van der Waals surface area contributed by atoms with E-state index in [4.69, 9.17) is 21.7 Å². The lowest BCUT2D eigenvalue weighted by molar-refractivity contribution is 0.141. The molecule has 0 aliphatic rings. The predicted molar refractivity (Wildman–Crippen MR) is 73.6 cm³/mol. The fraction of sp³-hybridized carbons (Fsp3) is 0.818. The molecular formula is C11H22N4O2S. The van der Waals surface area contributed by atoms with Crippen LogP contribution in [0.15, 0.2) is 0 Å². The van der Waals surface area contributed by atoms with Crippen LogP contribution in [0.1, 0.15) is 13.8 Å². The third-order valence-corrected chi connectivity index (χ3v) is 2.92. The van der Waals surface area contributed by atoms with E-state index in [9.17, 15) is 0 Å². The number of anilines is 1. The van der Waals surface area contributed by atoms with E-state index in [1.807, 2.05) is 25.5 Å². The summed E-state index contributed by atoms with van der Waals surface area (Å²) in [5.74, 6) is 0.819. The van der Waals surface area contributed by atoms with E-state index in [2.05, 4.69) is 15.1 Å². The highest BCUT2D eigenvalue weighted by molar-refractivity contribution is 7.71. The molecule has 1 N–H and O–H groups in total. The van der Waals surface area contributed by atoms with Gasteiger partial charge in [0, 0.05) is 33.4 Å². The molecule has 1 aromatic rings. The Morgan fingerprint density at radius 3 is 2.17 bits per heavy atom. The lowest BCUT2D eigenvalue weighted by Gasteiger charge is -2.22. The smallest absolute Gasteiger partial charge is 0.225 e. The van der Waals surface area contributed by atoms with E-state index in [-0.39, 0.29) is 0 Å². The molecule has 0 aliphatic carbocycles. The van der Waals surface area contributed by atoms with Crippen molar-refractivity contribution < 1.29 is 9.47 Å². The number of aromatic nitrogens is 3. The number of rotatable bonds is 9. The third-order valence-electron chi connectivity index (χ3n) is 2.56. The monoisotopic (exact) mass is 274 g/mol. The predicted octanol–water partition coefficient (Wildman–Crippen LogP) is 1.36. The maximum atomic E-state index is 5.38. The largest absolute Gasteiger partial charge is 0.380 e. The first-order valence-corrected chi connectivity index (χ1v) is 6.63. The van der Waals surface area contributed by atoms with Crippen molar-refractivity contribution >= 4 is 18.2 Å². The molecule has 0 bridgehead atoms. The van der Waals surface area contributed by atoms with Crippen molar-refractivity contribution in [3.63, 3.8) is 0 Å². The summed E-state index contributed by atoms with van der Waals surface area (Å²) in [7, 11) is 1.90. The summed E-state index contributed by atoms with van der Waals surface area (Å²) in [4.78, 5) is 2.11. The van der Waals surface area contributed by atoms with Crippen molar-refractivity contribution in [3.05, 3.63) is 4.77 Å². The molecule has 1 aromatic heterocycles. The van der Waals surface area contributed by atoms with Crippen molar-refractivity contribution in [3.8, 4) is 0 Å². The highest BCUT2D eigenvalue weighted by Crippen LogP contribution is 2.08. The fourth-order valence-corrected chi connectivity index (χ4v) is 1.70. The molecule has 18 heavy (non-hydrogen) atoms. The molecule has 1 heterocycles. The number of nitrogens with zero attached hydrogens (tertiary/aromatic N) is 3. The van der Waals surface area contributed by atoms with Crippen LogP contribution in [0.2, 0.25) is 0 Å². The van der Waals surface area contributed by atoms with Crippen LogP contribution < -0.4 is 4.90 Å². The van der Waals surface area contributed by atoms with E-state index >= 15 is 0 Å². The molecule has 0 amide bonds. The minimum Gasteiger partial charge on any atom is -0.380 e. The van der Waals surface area contributed by atoms with Crippen molar-refractivity contribution in [1.29, 1.82) is 0 Å². The van der Waals surface area contributed by atoms with Gasteiger partial charge in [-0.3, -0.25) is 4.57 Å². The summed E-state index contributed by atoms with van der Waals surface area (Å²) >= 11 is 5.12. The Labute approximate surface area is 113 Å². The molecule has 7 heteroatoms. The zero-order valence-corrected chi connectivity index (χ0v) is 12.1. The Morgan fingerprint density at radius 2 is 1.78 bits per heavy atom. The molecule has 0 radical (unpaired) electrons. The van der Waals surface area contributed by atoms with Gasteiger partial charge in [-0.2, -0.15) is 0 Å².